The van der Waals surface area contributed by atoms with Crippen molar-refractivity contribution in [3.8, 4) is 5.75 Å². The zero-order chi connectivity index (χ0) is 10.8. The number of benzene rings is 1. The summed E-state index contributed by atoms with van der Waals surface area (Å²) in [5.74, 6) is 0.829. The average Bonchev–Trinajstić information content (AvgIpc) is 2.56. The molecule has 0 fully saturated rings. The highest BCUT2D eigenvalue weighted by Gasteiger charge is 2.08. The first-order chi connectivity index (χ1) is 7.26. The molecular formula is C10H12BrN3O. The van der Waals surface area contributed by atoms with Gasteiger partial charge in [-0.15, -0.1) is 0 Å². The van der Waals surface area contributed by atoms with Crippen molar-refractivity contribution in [1.82, 2.24) is 9.78 Å². The number of rotatable bonds is 3. The molecule has 2 rings (SSSR count). The van der Waals surface area contributed by atoms with Crippen LogP contribution < -0.4 is 10.5 Å². The summed E-state index contributed by atoms with van der Waals surface area (Å²) in [6, 6.07) is 5.79. The number of fused-ring (bicyclic) bond motifs is 1. The maximum absolute atomic E-state index is 5.50. The summed E-state index contributed by atoms with van der Waals surface area (Å²) < 4.78 is 7.96. The highest BCUT2D eigenvalue weighted by molar-refractivity contribution is 9.10. The van der Waals surface area contributed by atoms with Gasteiger partial charge in [0.25, 0.3) is 0 Å². The summed E-state index contributed by atoms with van der Waals surface area (Å²) in [5.41, 5.74) is 6.44. The van der Waals surface area contributed by atoms with Gasteiger partial charge in [-0.25, -0.2) is 0 Å². The highest BCUT2D eigenvalue weighted by atomic mass is 79.9. The van der Waals surface area contributed by atoms with E-state index in [0.717, 1.165) is 21.3 Å². The fourth-order valence-corrected chi connectivity index (χ4v) is 2.05. The molecule has 80 valence electrons. The molecule has 0 bridgehead atoms. The van der Waals surface area contributed by atoms with E-state index in [1.165, 1.54) is 0 Å². The van der Waals surface area contributed by atoms with Gasteiger partial charge in [0, 0.05) is 11.9 Å². The molecule has 0 aliphatic heterocycles. The number of ether oxygens (including phenoxy) is 1. The summed E-state index contributed by atoms with van der Waals surface area (Å²) in [5, 5.41) is 5.46. The minimum Gasteiger partial charge on any atom is -0.497 e. The third-order valence-corrected chi connectivity index (χ3v) is 3.06. The van der Waals surface area contributed by atoms with E-state index < -0.39 is 0 Å². The number of hydrogen-bond donors (Lipinski definition) is 1. The Kier molecular flexibility index (Phi) is 2.93. The lowest BCUT2D eigenvalue weighted by Gasteiger charge is -1.99. The predicted molar refractivity (Wildman–Crippen MR) is 63.0 cm³/mol. The molecule has 0 atom stereocenters. The lowest BCUT2D eigenvalue weighted by molar-refractivity contribution is 0.415. The first kappa shape index (κ1) is 10.4. The van der Waals surface area contributed by atoms with Gasteiger partial charge < -0.3 is 10.5 Å². The van der Waals surface area contributed by atoms with Crippen LogP contribution in [-0.2, 0) is 6.54 Å². The van der Waals surface area contributed by atoms with Crippen LogP contribution in [0.2, 0.25) is 0 Å². The molecule has 0 unspecified atom stereocenters. The zero-order valence-corrected chi connectivity index (χ0v) is 9.99. The van der Waals surface area contributed by atoms with Gasteiger partial charge in [-0.2, -0.15) is 5.10 Å². The molecule has 1 aromatic carbocycles. The normalized spacial score (nSPS) is 10.9. The van der Waals surface area contributed by atoms with E-state index in [2.05, 4.69) is 21.0 Å². The topological polar surface area (TPSA) is 53.1 Å². The molecule has 0 aliphatic carbocycles. The van der Waals surface area contributed by atoms with Crippen molar-refractivity contribution in [3.05, 3.63) is 22.8 Å². The van der Waals surface area contributed by atoms with E-state index in [0.29, 0.717) is 13.1 Å². The third-order valence-electron chi connectivity index (χ3n) is 2.22. The Morgan fingerprint density at radius 3 is 3.00 bits per heavy atom. The maximum atomic E-state index is 5.50. The SMILES string of the molecule is COc1ccc2nn(CCN)c(Br)c2c1. The molecule has 0 aliphatic rings. The number of nitrogens with zero attached hydrogens (tertiary/aromatic N) is 2. The van der Waals surface area contributed by atoms with Crippen molar-refractivity contribution in [2.45, 2.75) is 6.54 Å². The van der Waals surface area contributed by atoms with Crippen molar-refractivity contribution < 1.29 is 4.74 Å². The van der Waals surface area contributed by atoms with Gasteiger partial charge in [0.15, 0.2) is 0 Å². The second-order valence-electron chi connectivity index (χ2n) is 3.19. The molecule has 5 heteroatoms. The van der Waals surface area contributed by atoms with Gasteiger partial charge in [-0.3, -0.25) is 4.68 Å². The molecule has 2 aromatic rings. The number of hydrogen-bond acceptors (Lipinski definition) is 3. The number of methoxy groups -OCH3 is 1. The summed E-state index contributed by atoms with van der Waals surface area (Å²) in [7, 11) is 1.65. The van der Waals surface area contributed by atoms with Gasteiger partial charge in [0.2, 0.25) is 0 Å². The first-order valence-electron chi connectivity index (χ1n) is 4.66. The van der Waals surface area contributed by atoms with Crippen LogP contribution in [0.4, 0.5) is 0 Å². The van der Waals surface area contributed by atoms with Crippen LogP contribution in [0.3, 0.4) is 0 Å². The average molecular weight is 270 g/mol. The van der Waals surface area contributed by atoms with E-state index >= 15 is 0 Å². The minimum absolute atomic E-state index is 0.573. The molecule has 0 radical (unpaired) electrons. The Morgan fingerprint density at radius 2 is 2.33 bits per heavy atom. The number of halogens is 1. The van der Waals surface area contributed by atoms with Crippen molar-refractivity contribution in [3.63, 3.8) is 0 Å². The van der Waals surface area contributed by atoms with E-state index in [1.54, 1.807) is 7.11 Å². The molecule has 1 aromatic heterocycles. The van der Waals surface area contributed by atoms with E-state index in [-0.39, 0.29) is 0 Å². The zero-order valence-electron chi connectivity index (χ0n) is 8.40. The quantitative estimate of drug-likeness (QED) is 0.924. The lowest BCUT2D eigenvalue weighted by Crippen LogP contribution is -2.10. The van der Waals surface area contributed by atoms with Crippen LogP contribution in [-0.4, -0.2) is 23.4 Å². The van der Waals surface area contributed by atoms with Crippen LogP contribution in [0.1, 0.15) is 0 Å². The van der Waals surface area contributed by atoms with Crippen molar-refractivity contribution in [2.24, 2.45) is 5.73 Å². The van der Waals surface area contributed by atoms with Gasteiger partial charge in [-0.1, -0.05) is 0 Å². The molecule has 4 nitrogen and oxygen atoms in total. The molecule has 0 saturated heterocycles. The van der Waals surface area contributed by atoms with E-state index in [9.17, 15) is 0 Å². The monoisotopic (exact) mass is 269 g/mol. The van der Waals surface area contributed by atoms with E-state index in [4.69, 9.17) is 10.5 Å². The van der Waals surface area contributed by atoms with Crippen LogP contribution in [0.25, 0.3) is 10.9 Å². The molecule has 2 N–H and O–H groups in total. The smallest absolute Gasteiger partial charge is 0.119 e. The Hall–Kier alpha value is -1.07. The Bertz CT molecular complexity index is 481. The highest BCUT2D eigenvalue weighted by Crippen LogP contribution is 2.27. The molecule has 0 saturated carbocycles. The molecule has 0 amide bonds. The van der Waals surface area contributed by atoms with E-state index in [1.807, 2.05) is 22.9 Å². The van der Waals surface area contributed by atoms with Gasteiger partial charge >= 0.3 is 0 Å². The summed E-state index contributed by atoms with van der Waals surface area (Å²) >= 11 is 3.51. The van der Waals surface area contributed by atoms with Gasteiger partial charge in [0.1, 0.15) is 10.4 Å². The summed E-state index contributed by atoms with van der Waals surface area (Å²) in [6.45, 7) is 1.28. The largest absolute Gasteiger partial charge is 0.497 e. The van der Waals surface area contributed by atoms with Crippen LogP contribution in [0, 0.1) is 0 Å². The van der Waals surface area contributed by atoms with Crippen molar-refractivity contribution in [1.29, 1.82) is 0 Å². The Morgan fingerprint density at radius 1 is 1.53 bits per heavy atom. The van der Waals surface area contributed by atoms with Crippen LogP contribution in [0.5, 0.6) is 5.75 Å². The van der Waals surface area contributed by atoms with Crippen molar-refractivity contribution >= 4 is 26.8 Å². The van der Waals surface area contributed by atoms with Gasteiger partial charge in [0.05, 0.1) is 19.2 Å². The fraction of sp³-hybridized carbons (Fsp3) is 0.300. The summed E-state index contributed by atoms with van der Waals surface area (Å²) in [4.78, 5) is 0. The number of nitrogens with two attached hydrogens (primary N) is 1. The Labute approximate surface area is 96.1 Å². The second kappa shape index (κ2) is 4.20. The number of aromatic nitrogens is 2. The molecule has 15 heavy (non-hydrogen) atoms. The lowest BCUT2D eigenvalue weighted by atomic mass is 10.2. The third kappa shape index (κ3) is 1.85. The second-order valence-corrected chi connectivity index (χ2v) is 3.94. The van der Waals surface area contributed by atoms with Crippen molar-refractivity contribution in [2.75, 3.05) is 13.7 Å². The maximum Gasteiger partial charge on any atom is 0.119 e. The summed E-state index contributed by atoms with van der Waals surface area (Å²) in [6.07, 6.45) is 0. The van der Waals surface area contributed by atoms with Crippen LogP contribution in [0.15, 0.2) is 22.8 Å². The minimum atomic E-state index is 0.573. The van der Waals surface area contributed by atoms with Crippen LogP contribution >= 0.6 is 15.9 Å². The van der Waals surface area contributed by atoms with Gasteiger partial charge in [-0.05, 0) is 34.1 Å². The molecular weight excluding hydrogens is 258 g/mol. The standard InChI is InChI=1S/C10H12BrN3O/c1-15-7-2-3-9-8(6-7)10(11)14(13-9)5-4-12/h2-3,6H,4-5,12H2,1H3. The Balaban J connectivity index is 2.56. The molecule has 1 heterocycles. The molecule has 0 spiro atoms. The first-order valence-corrected chi connectivity index (χ1v) is 5.45. The fourth-order valence-electron chi connectivity index (χ4n) is 1.48. The predicted octanol–water partition coefficient (Wildman–Crippen LogP) is 1.77.